The Morgan fingerprint density at radius 2 is 2.00 bits per heavy atom. The first-order valence-electron chi connectivity index (χ1n) is 5.57. The van der Waals surface area contributed by atoms with Gasteiger partial charge in [-0.3, -0.25) is 0 Å². The second-order valence-electron chi connectivity index (χ2n) is 4.05. The molecule has 0 amide bonds. The van der Waals surface area contributed by atoms with Gasteiger partial charge < -0.3 is 5.32 Å². The molecule has 1 aromatic heterocycles. The number of rotatable bonds is 3. The number of hydrogen-bond donors (Lipinski definition) is 1. The number of aromatic nitrogens is 2. The van der Waals surface area contributed by atoms with Crippen LogP contribution in [-0.2, 0) is 0 Å². The SMILES string of the molecule is Cc1ccnc(N[C@H](C)c2ccc(Cl)cc2Cl)n1. The monoisotopic (exact) mass is 281 g/mol. The summed E-state index contributed by atoms with van der Waals surface area (Å²) in [6.07, 6.45) is 1.72. The third kappa shape index (κ3) is 3.12. The lowest BCUT2D eigenvalue weighted by molar-refractivity contribution is 0.857. The van der Waals surface area contributed by atoms with Gasteiger partial charge in [0.15, 0.2) is 0 Å². The highest BCUT2D eigenvalue weighted by Gasteiger charge is 2.11. The van der Waals surface area contributed by atoms with Gasteiger partial charge in [-0.1, -0.05) is 29.3 Å². The first kappa shape index (κ1) is 13.1. The predicted octanol–water partition coefficient (Wildman–Crippen LogP) is 4.26. The van der Waals surface area contributed by atoms with Gasteiger partial charge in [-0.25, -0.2) is 9.97 Å². The van der Waals surface area contributed by atoms with E-state index in [1.165, 1.54) is 0 Å². The van der Waals surface area contributed by atoms with Gasteiger partial charge in [0.1, 0.15) is 0 Å². The summed E-state index contributed by atoms with van der Waals surface area (Å²) in [4.78, 5) is 8.46. The van der Waals surface area contributed by atoms with Crippen LogP contribution in [0, 0.1) is 6.92 Å². The van der Waals surface area contributed by atoms with E-state index in [9.17, 15) is 0 Å². The van der Waals surface area contributed by atoms with Crippen molar-refractivity contribution in [3.63, 3.8) is 0 Å². The average Bonchev–Trinajstić information content (AvgIpc) is 2.28. The topological polar surface area (TPSA) is 37.8 Å². The fraction of sp³-hybridized carbons (Fsp3) is 0.231. The summed E-state index contributed by atoms with van der Waals surface area (Å²) in [5.41, 5.74) is 1.88. The van der Waals surface area contributed by atoms with Gasteiger partial charge in [0.25, 0.3) is 0 Å². The molecule has 1 heterocycles. The van der Waals surface area contributed by atoms with E-state index < -0.39 is 0 Å². The summed E-state index contributed by atoms with van der Waals surface area (Å²) in [6.45, 7) is 3.92. The van der Waals surface area contributed by atoms with Crippen LogP contribution in [0.15, 0.2) is 30.5 Å². The van der Waals surface area contributed by atoms with Crippen LogP contribution in [0.25, 0.3) is 0 Å². The number of benzene rings is 1. The Kier molecular flexibility index (Phi) is 4.04. The molecular weight excluding hydrogens is 269 g/mol. The van der Waals surface area contributed by atoms with Crippen LogP contribution in [-0.4, -0.2) is 9.97 Å². The van der Waals surface area contributed by atoms with Crippen molar-refractivity contribution in [2.45, 2.75) is 19.9 Å². The summed E-state index contributed by atoms with van der Waals surface area (Å²) >= 11 is 12.0. The molecule has 0 unspecified atom stereocenters. The van der Waals surface area contributed by atoms with Gasteiger partial charge in [-0.05, 0) is 37.6 Å². The van der Waals surface area contributed by atoms with Crippen molar-refractivity contribution in [1.29, 1.82) is 0 Å². The Morgan fingerprint density at radius 1 is 1.22 bits per heavy atom. The van der Waals surface area contributed by atoms with Crippen molar-refractivity contribution in [3.8, 4) is 0 Å². The molecule has 0 saturated heterocycles. The molecule has 0 aliphatic carbocycles. The van der Waals surface area contributed by atoms with Gasteiger partial charge in [-0.15, -0.1) is 0 Å². The highest BCUT2D eigenvalue weighted by molar-refractivity contribution is 6.35. The van der Waals surface area contributed by atoms with Gasteiger partial charge in [0.05, 0.1) is 6.04 Å². The maximum atomic E-state index is 6.16. The lowest BCUT2D eigenvalue weighted by Crippen LogP contribution is -2.10. The Bertz CT molecular complexity index is 558. The summed E-state index contributed by atoms with van der Waals surface area (Å²) < 4.78 is 0. The molecule has 18 heavy (non-hydrogen) atoms. The number of hydrogen-bond acceptors (Lipinski definition) is 3. The van der Waals surface area contributed by atoms with Crippen LogP contribution in [0.5, 0.6) is 0 Å². The molecule has 94 valence electrons. The van der Waals surface area contributed by atoms with E-state index in [-0.39, 0.29) is 6.04 Å². The highest BCUT2D eigenvalue weighted by Crippen LogP contribution is 2.27. The zero-order valence-corrected chi connectivity index (χ0v) is 11.6. The molecule has 0 fully saturated rings. The second kappa shape index (κ2) is 5.55. The minimum absolute atomic E-state index is 0.0107. The fourth-order valence-corrected chi connectivity index (χ4v) is 2.21. The highest BCUT2D eigenvalue weighted by atomic mass is 35.5. The van der Waals surface area contributed by atoms with Crippen LogP contribution in [0.2, 0.25) is 10.0 Å². The van der Waals surface area contributed by atoms with Crippen molar-refractivity contribution in [2.75, 3.05) is 5.32 Å². The molecule has 0 spiro atoms. The Morgan fingerprint density at radius 3 is 2.67 bits per heavy atom. The fourth-order valence-electron chi connectivity index (χ4n) is 1.64. The Balaban J connectivity index is 2.19. The molecule has 2 aromatic rings. The first-order chi connectivity index (χ1) is 8.56. The van der Waals surface area contributed by atoms with Crippen molar-refractivity contribution >= 4 is 29.2 Å². The number of halogens is 2. The number of nitrogens with one attached hydrogen (secondary N) is 1. The number of anilines is 1. The smallest absolute Gasteiger partial charge is 0.223 e. The molecule has 1 N–H and O–H groups in total. The van der Waals surface area contributed by atoms with Gasteiger partial charge in [0, 0.05) is 21.9 Å². The van der Waals surface area contributed by atoms with Crippen LogP contribution >= 0.6 is 23.2 Å². The second-order valence-corrected chi connectivity index (χ2v) is 4.90. The van der Waals surface area contributed by atoms with Crippen molar-refractivity contribution in [3.05, 3.63) is 51.8 Å². The first-order valence-corrected chi connectivity index (χ1v) is 6.33. The summed E-state index contributed by atoms with van der Waals surface area (Å²) in [5.74, 6) is 0.591. The van der Waals surface area contributed by atoms with Crippen LogP contribution < -0.4 is 5.32 Å². The minimum Gasteiger partial charge on any atom is -0.348 e. The van der Waals surface area contributed by atoms with Gasteiger partial charge in [-0.2, -0.15) is 0 Å². The van der Waals surface area contributed by atoms with Crippen molar-refractivity contribution < 1.29 is 0 Å². The van der Waals surface area contributed by atoms with Crippen molar-refractivity contribution in [1.82, 2.24) is 9.97 Å². The molecule has 0 aliphatic heterocycles. The summed E-state index contributed by atoms with van der Waals surface area (Å²) in [5, 5.41) is 4.47. The molecule has 0 saturated carbocycles. The molecule has 2 rings (SSSR count). The summed E-state index contributed by atoms with van der Waals surface area (Å²) in [7, 11) is 0. The van der Waals surface area contributed by atoms with Crippen LogP contribution in [0.4, 0.5) is 5.95 Å². The Labute approximate surface area is 116 Å². The molecular formula is C13H13Cl2N3. The quantitative estimate of drug-likeness (QED) is 0.913. The maximum Gasteiger partial charge on any atom is 0.223 e. The van der Waals surface area contributed by atoms with E-state index in [4.69, 9.17) is 23.2 Å². The zero-order chi connectivity index (χ0) is 13.1. The average molecular weight is 282 g/mol. The normalized spacial score (nSPS) is 12.2. The van der Waals surface area contributed by atoms with Crippen molar-refractivity contribution in [2.24, 2.45) is 0 Å². The van der Waals surface area contributed by atoms with Crippen LogP contribution in [0.3, 0.4) is 0 Å². The third-order valence-corrected chi connectivity index (χ3v) is 3.13. The predicted molar refractivity (Wildman–Crippen MR) is 75.3 cm³/mol. The molecule has 0 radical (unpaired) electrons. The van der Waals surface area contributed by atoms with E-state index in [1.54, 1.807) is 12.3 Å². The lowest BCUT2D eigenvalue weighted by Gasteiger charge is -2.15. The maximum absolute atomic E-state index is 6.16. The van der Waals surface area contributed by atoms with E-state index in [1.807, 2.05) is 32.0 Å². The molecule has 0 bridgehead atoms. The lowest BCUT2D eigenvalue weighted by atomic mass is 10.1. The molecule has 1 atom stereocenters. The zero-order valence-electron chi connectivity index (χ0n) is 10.1. The van der Waals surface area contributed by atoms with Gasteiger partial charge in [0.2, 0.25) is 5.95 Å². The largest absolute Gasteiger partial charge is 0.348 e. The van der Waals surface area contributed by atoms with E-state index in [0.29, 0.717) is 16.0 Å². The standard InChI is InChI=1S/C13H13Cl2N3/c1-8-5-6-16-13(17-8)18-9(2)11-4-3-10(14)7-12(11)15/h3-7,9H,1-2H3,(H,16,17,18)/t9-/m1/s1. The summed E-state index contributed by atoms with van der Waals surface area (Å²) in [6, 6.07) is 7.31. The third-order valence-electron chi connectivity index (χ3n) is 2.57. The van der Waals surface area contributed by atoms with Crippen LogP contribution in [0.1, 0.15) is 24.2 Å². The number of aryl methyl sites for hydroxylation is 1. The van der Waals surface area contributed by atoms with Gasteiger partial charge >= 0.3 is 0 Å². The molecule has 3 nitrogen and oxygen atoms in total. The molecule has 5 heteroatoms. The number of nitrogens with zero attached hydrogens (tertiary/aromatic N) is 2. The minimum atomic E-state index is 0.0107. The van der Waals surface area contributed by atoms with E-state index >= 15 is 0 Å². The molecule has 0 aliphatic rings. The molecule has 1 aromatic carbocycles. The Hall–Kier alpha value is -1.32. The van der Waals surface area contributed by atoms with E-state index in [2.05, 4.69) is 15.3 Å². The van der Waals surface area contributed by atoms with E-state index in [0.717, 1.165) is 11.3 Å².